The molecule has 0 heterocycles. The Hall–Kier alpha value is 0. The number of rotatable bonds is 2. The zero-order valence-corrected chi connectivity index (χ0v) is 10.4. The SMILES string of the molecule is CCCC1CC2CC1C1CC(C)CCC21. The maximum absolute atomic E-state index is 2.48. The van der Waals surface area contributed by atoms with E-state index in [2.05, 4.69) is 13.8 Å². The summed E-state index contributed by atoms with van der Waals surface area (Å²) in [6.45, 7) is 4.85. The quantitative estimate of drug-likeness (QED) is 0.624. The Morgan fingerprint density at radius 1 is 0.933 bits per heavy atom. The van der Waals surface area contributed by atoms with E-state index in [4.69, 9.17) is 0 Å². The van der Waals surface area contributed by atoms with Crippen molar-refractivity contribution in [3.63, 3.8) is 0 Å². The molecule has 0 amide bonds. The molecule has 15 heavy (non-hydrogen) atoms. The van der Waals surface area contributed by atoms with Crippen LogP contribution in [0, 0.1) is 35.5 Å². The Morgan fingerprint density at radius 3 is 2.60 bits per heavy atom. The average molecular weight is 206 g/mol. The second-order valence-corrected chi connectivity index (χ2v) is 6.69. The monoisotopic (exact) mass is 206 g/mol. The van der Waals surface area contributed by atoms with Crippen LogP contribution in [0.2, 0.25) is 0 Å². The zero-order valence-electron chi connectivity index (χ0n) is 10.4. The zero-order chi connectivity index (χ0) is 10.4. The van der Waals surface area contributed by atoms with Crippen LogP contribution in [0.5, 0.6) is 0 Å². The first-order valence-corrected chi connectivity index (χ1v) is 7.29. The minimum atomic E-state index is 1.04. The van der Waals surface area contributed by atoms with Gasteiger partial charge in [-0.2, -0.15) is 0 Å². The number of fused-ring (bicyclic) bond motifs is 5. The fraction of sp³-hybridized carbons (Fsp3) is 1.00. The molecular formula is C15H26. The lowest BCUT2D eigenvalue weighted by atomic mass is 9.64. The Balaban J connectivity index is 1.72. The van der Waals surface area contributed by atoms with Gasteiger partial charge in [0.15, 0.2) is 0 Å². The lowest BCUT2D eigenvalue weighted by Crippen LogP contribution is -2.32. The molecule has 6 atom stereocenters. The van der Waals surface area contributed by atoms with Gasteiger partial charge in [-0.25, -0.2) is 0 Å². The molecule has 0 spiro atoms. The molecule has 0 radical (unpaired) electrons. The molecule has 3 rings (SSSR count). The van der Waals surface area contributed by atoms with Crippen LogP contribution < -0.4 is 0 Å². The molecule has 0 aromatic heterocycles. The van der Waals surface area contributed by atoms with E-state index in [0.29, 0.717) is 0 Å². The van der Waals surface area contributed by atoms with Crippen molar-refractivity contribution >= 4 is 0 Å². The van der Waals surface area contributed by atoms with Gasteiger partial charge in [0, 0.05) is 0 Å². The molecule has 6 unspecified atom stereocenters. The molecule has 86 valence electrons. The van der Waals surface area contributed by atoms with Gasteiger partial charge in [-0.05, 0) is 61.2 Å². The van der Waals surface area contributed by atoms with Crippen LogP contribution in [0.3, 0.4) is 0 Å². The third kappa shape index (κ3) is 1.56. The van der Waals surface area contributed by atoms with Gasteiger partial charge in [-0.15, -0.1) is 0 Å². The third-order valence-electron chi connectivity index (χ3n) is 5.82. The maximum Gasteiger partial charge on any atom is -0.0349 e. The van der Waals surface area contributed by atoms with Gasteiger partial charge in [-0.1, -0.05) is 33.1 Å². The standard InChI is InChI=1S/C15H26/c1-3-4-11-8-12-9-14(11)15-7-10(2)5-6-13(12)15/h10-15H,3-9H2,1-2H3. The summed E-state index contributed by atoms with van der Waals surface area (Å²) in [5.41, 5.74) is 0. The van der Waals surface area contributed by atoms with Crippen LogP contribution in [-0.4, -0.2) is 0 Å². The second kappa shape index (κ2) is 3.79. The van der Waals surface area contributed by atoms with E-state index in [1.165, 1.54) is 25.2 Å². The minimum absolute atomic E-state index is 1.04. The normalized spacial score (nSPS) is 53.2. The largest absolute Gasteiger partial charge is 0.0654 e. The van der Waals surface area contributed by atoms with E-state index >= 15 is 0 Å². The smallest absolute Gasteiger partial charge is 0.0349 e. The summed E-state index contributed by atoms with van der Waals surface area (Å²) in [5.74, 6) is 6.80. The molecule has 0 aromatic carbocycles. The van der Waals surface area contributed by atoms with Crippen LogP contribution >= 0.6 is 0 Å². The summed E-state index contributed by atoms with van der Waals surface area (Å²) < 4.78 is 0. The van der Waals surface area contributed by atoms with E-state index in [0.717, 1.165) is 29.6 Å². The van der Waals surface area contributed by atoms with Crippen LogP contribution in [0.25, 0.3) is 0 Å². The molecule has 0 nitrogen and oxygen atoms in total. The lowest BCUT2D eigenvalue weighted by molar-refractivity contribution is 0.0868. The van der Waals surface area contributed by atoms with Crippen molar-refractivity contribution < 1.29 is 0 Å². The van der Waals surface area contributed by atoms with E-state index in [9.17, 15) is 0 Å². The predicted molar refractivity (Wildman–Crippen MR) is 64.6 cm³/mol. The van der Waals surface area contributed by atoms with Crippen LogP contribution in [0.15, 0.2) is 0 Å². The van der Waals surface area contributed by atoms with Crippen molar-refractivity contribution in [2.24, 2.45) is 35.5 Å². The highest BCUT2D eigenvalue weighted by Crippen LogP contribution is 2.61. The Morgan fingerprint density at radius 2 is 1.80 bits per heavy atom. The molecule has 0 heteroatoms. The first-order chi connectivity index (χ1) is 7.29. The van der Waals surface area contributed by atoms with Crippen LogP contribution in [0.4, 0.5) is 0 Å². The fourth-order valence-electron chi connectivity index (χ4n) is 5.30. The number of hydrogen-bond donors (Lipinski definition) is 0. The highest BCUT2D eigenvalue weighted by atomic mass is 14.6. The van der Waals surface area contributed by atoms with Crippen LogP contribution in [0.1, 0.15) is 58.8 Å². The van der Waals surface area contributed by atoms with Gasteiger partial charge in [-0.3, -0.25) is 0 Å². The molecule has 3 saturated carbocycles. The summed E-state index contributed by atoms with van der Waals surface area (Å²) in [7, 11) is 0. The Bertz CT molecular complexity index is 232. The van der Waals surface area contributed by atoms with Gasteiger partial charge < -0.3 is 0 Å². The topological polar surface area (TPSA) is 0 Å². The summed E-state index contributed by atoms with van der Waals surface area (Å²) in [4.78, 5) is 0. The number of hydrogen-bond acceptors (Lipinski definition) is 0. The van der Waals surface area contributed by atoms with E-state index in [1.807, 2.05) is 0 Å². The van der Waals surface area contributed by atoms with Gasteiger partial charge in [0.25, 0.3) is 0 Å². The Labute approximate surface area is 94.8 Å². The highest BCUT2D eigenvalue weighted by Gasteiger charge is 2.52. The molecule has 2 bridgehead atoms. The molecule has 3 aliphatic rings. The van der Waals surface area contributed by atoms with E-state index in [-0.39, 0.29) is 0 Å². The summed E-state index contributed by atoms with van der Waals surface area (Å²) >= 11 is 0. The first kappa shape index (κ1) is 10.2. The summed E-state index contributed by atoms with van der Waals surface area (Å²) in [6.07, 6.45) is 10.8. The van der Waals surface area contributed by atoms with Crippen molar-refractivity contribution in [3.8, 4) is 0 Å². The van der Waals surface area contributed by atoms with Gasteiger partial charge in [0.1, 0.15) is 0 Å². The molecule has 0 saturated heterocycles. The van der Waals surface area contributed by atoms with Crippen molar-refractivity contribution in [3.05, 3.63) is 0 Å². The van der Waals surface area contributed by atoms with Crippen molar-refractivity contribution in [1.29, 1.82) is 0 Å². The van der Waals surface area contributed by atoms with Crippen molar-refractivity contribution in [1.82, 2.24) is 0 Å². The van der Waals surface area contributed by atoms with Gasteiger partial charge in [0.05, 0.1) is 0 Å². The second-order valence-electron chi connectivity index (χ2n) is 6.69. The average Bonchev–Trinajstić information content (AvgIpc) is 2.75. The molecule has 0 aliphatic heterocycles. The Kier molecular flexibility index (Phi) is 2.57. The molecule has 3 aliphatic carbocycles. The molecule has 0 N–H and O–H groups in total. The first-order valence-electron chi connectivity index (χ1n) is 7.29. The van der Waals surface area contributed by atoms with Crippen molar-refractivity contribution in [2.75, 3.05) is 0 Å². The fourth-order valence-corrected chi connectivity index (χ4v) is 5.30. The van der Waals surface area contributed by atoms with Crippen molar-refractivity contribution in [2.45, 2.75) is 58.8 Å². The van der Waals surface area contributed by atoms with E-state index in [1.54, 1.807) is 25.7 Å². The minimum Gasteiger partial charge on any atom is -0.0654 e. The highest BCUT2D eigenvalue weighted by molar-refractivity contribution is 5.02. The van der Waals surface area contributed by atoms with E-state index < -0.39 is 0 Å². The predicted octanol–water partition coefficient (Wildman–Crippen LogP) is 4.49. The lowest BCUT2D eigenvalue weighted by Gasteiger charge is -2.41. The van der Waals surface area contributed by atoms with Crippen LogP contribution in [-0.2, 0) is 0 Å². The molecular weight excluding hydrogens is 180 g/mol. The summed E-state index contributed by atoms with van der Waals surface area (Å²) in [6, 6.07) is 0. The van der Waals surface area contributed by atoms with Gasteiger partial charge in [0.2, 0.25) is 0 Å². The molecule has 3 fully saturated rings. The summed E-state index contributed by atoms with van der Waals surface area (Å²) in [5, 5.41) is 0. The van der Waals surface area contributed by atoms with Gasteiger partial charge >= 0.3 is 0 Å². The third-order valence-corrected chi connectivity index (χ3v) is 5.82. The maximum atomic E-state index is 2.48. The molecule has 0 aromatic rings.